The summed E-state index contributed by atoms with van der Waals surface area (Å²) in [6.07, 6.45) is -6.78. The molecule has 4 aromatic rings. The van der Waals surface area contributed by atoms with Crippen molar-refractivity contribution in [1.29, 1.82) is 0 Å². The van der Waals surface area contributed by atoms with Crippen molar-refractivity contribution in [3.8, 4) is 22.9 Å². The molecule has 1 amide bonds. The van der Waals surface area contributed by atoms with Crippen LogP contribution in [0.3, 0.4) is 0 Å². The van der Waals surface area contributed by atoms with Gasteiger partial charge in [0.25, 0.3) is 17.7 Å². The number of nitrogens with zero attached hydrogens (tertiary/aromatic N) is 4. The molecule has 1 aliphatic rings. The Balaban J connectivity index is 1.45. The van der Waals surface area contributed by atoms with E-state index in [4.69, 9.17) is 4.74 Å². The summed E-state index contributed by atoms with van der Waals surface area (Å²) in [5.41, 5.74) is 2.67. The number of amides is 1. The molecule has 14 heteroatoms. The van der Waals surface area contributed by atoms with Gasteiger partial charge < -0.3 is 14.4 Å². The standard InChI is InChI=1S/C25H17F5N4O4S/c26-24(27)7-9-34(22(35)20-15(5-3-8-31-20)17-12-39-13-32-17)11-19(24)38-21-18(37-23(36)25(28,29)30)10-14-4-1-2-6-16(14)33-21/h1-6,8,10,12-13,19H,7,9,11H2. The number of carbonyl (C=O) groups excluding carboxylic acids is 2. The lowest BCUT2D eigenvalue weighted by molar-refractivity contribution is -0.190. The van der Waals surface area contributed by atoms with Gasteiger partial charge in [-0.05, 0) is 24.3 Å². The van der Waals surface area contributed by atoms with Gasteiger partial charge in [0.1, 0.15) is 5.69 Å². The number of fused-ring (bicyclic) bond motifs is 1. The molecule has 0 N–H and O–H groups in total. The summed E-state index contributed by atoms with van der Waals surface area (Å²) < 4.78 is 78.5. The molecule has 1 saturated heterocycles. The zero-order valence-electron chi connectivity index (χ0n) is 19.7. The second-order valence-electron chi connectivity index (χ2n) is 8.51. The Hall–Kier alpha value is -4.20. The minimum atomic E-state index is -5.35. The van der Waals surface area contributed by atoms with Gasteiger partial charge in [0.2, 0.25) is 0 Å². The van der Waals surface area contributed by atoms with Crippen LogP contribution in [0.5, 0.6) is 11.6 Å². The molecule has 4 heterocycles. The summed E-state index contributed by atoms with van der Waals surface area (Å²) in [5.74, 6) is -8.24. The molecule has 202 valence electrons. The molecule has 3 aromatic heterocycles. The fourth-order valence-electron chi connectivity index (χ4n) is 3.98. The molecule has 0 saturated carbocycles. The Labute approximate surface area is 221 Å². The van der Waals surface area contributed by atoms with Crippen LogP contribution >= 0.6 is 11.3 Å². The third kappa shape index (κ3) is 5.50. The van der Waals surface area contributed by atoms with Gasteiger partial charge in [0.15, 0.2) is 11.9 Å². The van der Waals surface area contributed by atoms with Crippen molar-refractivity contribution in [3.63, 3.8) is 0 Å². The number of aromatic nitrogens is 3. The minimum Gasteiger partial charge on any atom is -0.463 e. The van der Waals surface area contributed by atoms with E-state index in [0.29, 0.717) is 11.3 Å². The molecule has 0 radical (unpaired) electrons. The van der Waals surface area contributed by atoms with Gasteiger partial charge in [-0.15, -0.1) is 11.3 Å². The molecular weight excluding hydrogens is 547 g/mol. The predicted molar refractivity (Wildman–Crippen MR) is 129 cm³/mol. The molecule has 39 heavy (non-hydrogen) atoms. The van der Waals surface area contributed by atoms with Crippen LogP contribution in [0.25, 0.3) is 22.2 Å². The zero-order valence-corrected chi connectivity index (χ0v) is 20.5. The number of rotatable bonds is 5. The number of likely N-dealkylation sites (tertiary alicyclic amines) is 1. The van der Waals surface area contributed by atoms with E-state index < -0.39 is 54.7 Å². The number of esters is 1. The number of piperidine rings is 1. The van der Waals surface area contributed by atoms with E-state index in [1.807, 2.05) is 0 Å². The van der Waals surface area contributed by atoms with Crippen molar-refractivity contribution in [1.82, 2.24) is 19.9 Å². The number of alkyl halides is 5. The number of ether oxygens (including phenoxy) is 2. The van der Waals surface area contributed by atoms with Crippen molar-refractivity contribution in [3.05, 3.63) is 65.2 Å². The number of para-hydroxylation sites is 1. The van der Waals surface area contributed by atoms with Crippen molar-refractivity contribution >= 4 is 34.1 Å². The Kier molecular flexibility index (Phi) is 6.89. The SMILES string of the molecule is O=C(c1ncccc1-c1cscn1)N1CCC(F)(F)C(Oc2nc3ccccc3cc2OC(=O)C(F)(F)F)C1. The molecule has 1 fully saturated rings. The number of pyridine rings is 2. The van der Waals surface area contributed by atoms with E-state index in [2.05, 4.69) is 19.7 Å². The van der Waals surface area contributed by atoms with E-state index in [-0.39, 0.29) is 23.1 Å². The van der Waals surface area contributed by atoms with Crippen LogP contribution in [0.1, 0.15) is 16.9 Å². The molecule has 0 bridgehead atoms. The van der Waals surface area contributed by atoms with Gasteiger partial charge >= 0.3 is 12.1 Å². The topological polar surface area (TPSA) is 94.5 Å². The molecule has 1 aromatic carbocycles. The van der Waals surface area contributed by atoms with Crippen molar-refractivity contribution < 1.29 is 41.0 Å². The molecule has 1 aliphatic heterocycles. The van der Waals surface area contributed by atoms with Crippen LogP contribution < -0.4 is 9.47 Å². The summed E-state index contributed by atoms with van der Waals surface area (Å²) in [6.45, 7) is -0.972. The minimum absolute atomic E-state index is 0.00371. The first-order valence-corrected chi connectivity index (χ1v) is 12.3. The summed E-state index contributed by atoms with van der Waals surface area (Å²) in [7, 11) is 0. The average Bonchev–Trinajstić information content (AvgIpc) is 3.44. The number of hydrogen-bond acceptors (Lipinski definition) is 8. The van der Waals surface area contributed by atoms with Crippen LogP contribution in [0.15, 0.2) is 59.6 Å². The van der Waals surface area contributed by atoms with E-state index in [0.717, 1.165) is 11.0 Å². The lowest BCUT2D eigenvalue weighted by Crippen LogP contribution is -2.55. The second kappa shape index (κ2) is 10.2. The molecule has 0 aliphatic carbocycles. The number of thiazole rings is 1. The van der Waals surface area contributed by atoms with Gasteiger partial charge in [0.05, 0.1) is 23.3 Å². The Morgan fingerprint density at radius 1 is 1.10 bits per heavy atom. The van der Waals surface area contributed by atoms with E-state index in [1.165, 1.54) is 29.7 Å². The molecule has 0 spiro atoms. The van der Waals surface area contributed by atoms with E-state index in [1.54, 1.807) is 35.2 Å². The number of halogens is 5. The quantitative estimate of drug-likeness (QED) is 0.245. The lowest BCUT2D eigenvalue weighted by atomic mass is 10.0. The van der Waals surface area contributed by atoms with Crippen molar-refractivity contribution in [2.24, 2.45) is 0 Å². The first kappa shape index (κ1) is 26.4. The zero-order chi connectivity index (χ0) is 27.8. The Morgan fingerprint density at radius 3 is 2.64 bits per heavy atom. The monoisotopic (exact) mass is 564 g/mol. The molecular formula is C25H17F5N4O4S. The smallest absolute Gasteiger partial charge is 0.463 e. The average molecular weight is 564 g/mol. The molecule has 1 unspecified atom stereocenters. The highest BCUT2D eigenvalue weighted by Gasteiger charge is 2.48. The number of benzene rings is 1. The predicted octanol–water partition coefficient (Wildman–Crippen LogP) is 5.15. The van der Waals surface area contributed by atoms with Gasteiger partial charge in [-0.2, -0.15) is 13.2 Å². The first-order chi connectivity index (χ1) is 18.5. The van der Waals surface area contributed by atoms with Crippen molar-refractivity contribution in [2.45, 2.75) is 24.6 Å². The third-order valence-electron chi connectivity index (χ3n) is 5.92. The van der Waals surface area contributed by atoms with Gasteiger partial charge in [-0.1, -0.05) is 18.2 Å². The van der Waals surface area contributed by atoms with Gasteiger partial charge in [-0.25, -0.2) is 23.5 Å². The lowest BCUT2D eigenvalue weighted by Gasteiger charge is -2.38. The fraction of sp³-hybridized carbons (Fsp3) is 0.240. The summed E-state index contributed by atoms with van der Waals surface area (Å²) in [4.78, 5) is 38.3. The highest BCUT2D eigenvalue weighted by Crippen LogP contribution is 2.37. The largest absolute Gasteiger partial charge is 0.491 e. The summed E-state index contributed by atoms with van der Waals surface area (Å²) in [6, 6.07) is 10.4. The maximum atomic E-state index is 15.0. The normalized spacial score (nSPS) is 17.2. The second-order valence-corrected chi connectivity index (χ2v) is 9.23. The fourth-order valence-corrected chi connectivity index (χ4v) is 4.54. The van der Waals surface area contributed by atoms with Crippen LogP contribution in [0.4, 0.5) is 22.0 Å². The van der Waals surface area contributed by atoms with Gasteiger partial charge in [0, 0.05) is 35.5 Å². The van der Waals surface area contributed by atoms with E-state index >= 15 is 0 Å². The molecule has 8 nitrogen and oxygen atoms in total. The van der Waals surface area contributed by atoms with Crippen LogP contribution in [0, 0.1) is 0 Å². The first-order valence-electron chi connectivity index (χ1n) is 11.4. The molecule has 5 rings (SSSR count). The number of carbonyl (C=O) groups is 2. The van der Waals surface area contributed by atoms with Gasteiger partial charge in [-0.3, -0.25) is 9.78 Å². The highest BCUT2D eigenvalue weighted by molar-refractivity contribution is 7.07. The third-order valence-corrected chi connectivity index (χ3v) is 6.51. The van der Waals surface area contributed by atoms with Crippen molar-refractivity contribution in [2.75, 3.05) is 13.1 Å². The maximum absolute atomic E-state index is 15.0. The summed E-state index contributed by atoms with van der Waals surface area (Å²) >= 11 is 1.30. The highest BCUT2D eigenvalue weighted by atomic mass is 32.1. The number of hydrogen-bond donors (Lipinski definition) is 0. The summed E-state index contributed by atoms with van der Waals surface area (Å²) in [5, 5.41) is 1.99. The van der Waals surface area contributed by atoms with Crippen LogP contribution in [-0.2, 0) is 4.79 Å². The molecule has 1 atom stereocenters. The Morgan fingerprint density at radius 2 is 1.90 bits per heavy atom. The van der Waals surface area contributed by atoms with E-state index in [9.17, 15) is 31.5 Å². The van der Waals surface area contributed by atoms with Crippen LogP contribution in [0.2, 0.25) is 0 Å². The Bertz CT molecular complexity index is 1530. The maximum Gasteiger partial charge on any atom is 0.491 e. The van der Waals surface area contributed by atoms with Crippen LogP contribution in [-0.4, -0.2) is 63.0 Å².